The molecule has 3 heterocycles. The third-order valence-corrected chi connectivity index (χ3v) is 5.94. The van der Waals surface area contributed by atoms with E-state index in [1.807, 2.05) is 13.8 Å². The Morgan fingerprint density at radius 3 is 2.36 bits per heavy atom. The van der Waals surface area contributed by atoms with Crippen LogP contribution >= 0.6 is 0 Å². The first-order valence-electron chi connectivity index (χ1n) is 12.0. The highest BCUT2D eigenvalue weighted by Crippen LogP contribution is 2.31. The molecule has 0 spiro atoms. The molecule has 1 atom stereocenters. The van der Waals surface area contributed by atoms with Crippen molar-refractivity contribution in [3.8, 4) is 11.4 Å². The van der Waals surface area contributed by atoms with E-state index >= 15 is 0 Å². The van der Waals surface area contributed by atoms with Gasteiger partial charge in [0.15, 0.2) is 19.4 Å². The number of rotatable bonds is 10. The van der Waals surface area contributed by atoms with E-state index in [1.54, 1.807) is 6.07 Å². The Labute approximate surface area is 224 Å². The summed E-state index contributed by atoms with van der Waals surface area (Å²) in [5.41, 5.74) is -3.91. The fourth-order valence-electron chi connectivity index (χ4n) is 3.93. The number of halogens is 3. The number of hydrogen-bond acceptors (Lipinski definition) is 9. The van der Waals surface area contributed by atoms with Crippen LogP contribution in [0.1, 0.15) is 41.2 Å². The molecule has 1 unspecified atom stereocenters. The second-order valence-corrected chi connectivity index (χ2v) is 9.19. The summed E-state index contributed by atoms with van der Waals surface area (Å²) >= 11 is 0. The summed E-state index contributed by atoms with van der Waals surface area (Å²) < 4.78 is 39.1. The van der Waals surface area contributed by atoms with Gasteiger partial charge >= 0.3 is 6.18 Å². The number of aromatic nitrogens is 4. The SMILES string of the molecule is [B]C(O)(O)c1ccc(-c2ncccn2)c(C(=O)N(CCO)C(CNc2ncc(C(F)(F)F)cc2C)C(C)C)n1. The Kier molecular flexibility index (Phi) is 9.25. The van der Waals surface area contributed by atoms with Gasteiger partial charge in [0.1, 0.15) is 11.5 Å². The van der Waals surface area contributed by atoms with Crippen LogP contribution in [0.25, 0.3) is 11.4 Å². The maximum absolute atomic E-state index is 13.9. The van der Waals surface area contributed by atoms with Gasteiger partial charge in [0.05, 0.1) is 29.5 Å². The summed E-state index contributed by atoms with van der Waals surface area (Å²) in [6.07, 6.45) is -0.892. The summed E-state index contributed by atoms with van der Waals surface area (Å²) in [7, 11) is 5.39. The van der Waals surface area contributed by atoms with Crippen molar-refractivity contribution >= 4 is 19.6 Å². The Balaban J connectivity index is 1.99. The molecule has 0 fully saturated rings. The molecule has 0 aliphatic rings. The molecule has 3 rings (SSSR count). The van der Waals surface area contributed by atoms with Gasteiger partial charge < -0.3 is 25.5 Å². The quantitative estimate of drug-likeness (QED) is 0.223. The first kappa shape index (κ1) is 29.9. The lowest BCUT2D eigenvalue weighted by Gasteiger charge is -2.35. The molecule has 0 saturated carbocycles. The lowest BCUT2D eigenvalue weighted by Crippen LogP contribution is -2.49. The van der Waals surface area contributed by atoms with Gasteiger partial charge in [-0.25, -0.2) is 19.9 Å². The molecule has 206 valence electrons. The average Bonchev–Trinajstić information content (AvgIpc) is 2.87. The van der Waals surface area contributed by atoms with Gasteiger partial charge in [-0.05, 0) is 42.7 Å². The van der Waals surface area contributed by atoms with Crippen molar-refractivity contribution in [2.75, 3.05) is 25.0 Å². The van der Waals surface area contributed by atoms with E-state index < -0.39 is 41.7 Å². The van der Waals surface area contributed by atoms with E-state index in [0.29, 0.717) is 0 Å². The Bertz CT molecular complexity index is 1290. The summed E-state index contributed by atoms with van der Waals surface area (Å²) in [5.74, 6) is -0.537. The third-order valence-electron chi connectivity index (χ3n) is 5.94. The van der Waals surface area contributed by atoms with E-state index in [0.717, 1.165) is 12.3 Å². The normalized spacial score (nSPS) is 12.9. The number of anilines is 1. The third kappa shape index (κ3) is 7.28. The zero-order chi connectivity index (χ0) is 29.0. The lowest BCUT2D eigenvalue weighted by molar-refractivity contribution is -0.137. The fraction of sp³-hybridized carbons (Fsp3) is 0.400. The van der Waals surface area contributed by atoms with Crippen molar-refractivity contribution in [1.29, 1.82) is 0 Å². The summed E-state index contributed by atoms with van der Waals surface area (Å²) in [6, 6.07) is 4.55. The van der Waals surface area contributed by atoms with Crippen LogP contribution in [-0.4, -0.2) is 79.6 Å². The number of pyridine rings is 2. The maximum Gasteiger partial charge on any atom is 0.417 e. The molecule has 3 aromatic heterocycles. The molecular weight excluding hydrogens is 516 g/mol. The van der Waals surface area contributed by atoms with E-state index in [4.69, 9.17) is 7.85 Å². The molecule has 14 heteroatoms. The van der Waals surface area contributed by atoms with Crippen LogP contribution in [0, 0.1) is 12.8 Å². The van der Waals surface area contributed by atoms with Crippen LogP contribution in [0.15, 0.2) is 42.9 Å². The van der Waals surface area contributed by atoms with Crippen molar-refractivity contribution in [3.63, 3.8) is 0 Å². The molecule has 0 bridgehead atoms. The van der Waals surface area contributed by atoms with Crippen LogP contribution in [-0.2, 0) is 11.9 Å². The summed E-state index contributed by atoms with van der Waals surface area (Å²) in [4.78, 5) is 31.6. The molecule has 0 saturated heterocycles. The molecular formula is C25H28BF3N6O4. The molecule has 0 aromatic carbocycles. The number of alkyl halides is 3. The van der Waals surface area contributed by atoms with Gasteiger partial charge in [0.2, 0.25) is 0 Å². The number of amides is 1. The van der Waals surface area contributed by atoms with Crippen molar-refractivity contribution < 1.29 is 33.3 Å². The van der Waals surface area contributed by atoms with E-state index in [1.165, 1.54) is 36.4 Å². The highest BCUT2D eigenvalue weighted by Gasteiger charge is 2.33. The average molecular weight is 544 g/mol. The predicted molar refractivity (Wildman–Crippen MR) is 136 cm³/mol. The van der Waals surface area contributed by atoms with E-state index in [9.17, 15) is 33.3 Å². The van der Waals surface area contributed by atoms with Gasteiger partial charge in [-0.1, -0.05) is 13.8 Å². The van der Waals surface area contributed by atoms with Gasteiger partial charge in [0.25, 0.3) is 5.91 Å². The minimum Gasteiger partial charge on any atom is -0.395 e. The van der Waals surface area contributed by atoms with Gasteiger partial charge in [-0.2, -0.15) is 13.2 Å². The molecule has 10 nitrogen and oxygen atoms in total. The molecule has 0 aliphatic heterocycles. The Morgan fingerprint density at radius 1 is 1.15 bits per heavy atom. The highest BCUT2D eigenvalue weighted by molar-refractivity contribution is 6.13. The minimum atomic E-state index is -4.53. The minimum absolute atomic E-state index is 0.0697. The zero-order valence-electron chi connectivity index (χ0n) is 21.5. The van der Waals surface area contributed by atoms with Gasteiger partial charge in [-0.3, -0.25) is 4.79 Å². The number of carbonyl (C=O) groups is 1. The first-order chi connectivity index (χ1) is 18.2. The topological polar surface area (TPSA) is 145 Å². The number of aliphatic hydroxyl groups is 3. The van der Waals surface area contributed by atoms with Crippen molar-refractivity contribution in [3.05, 3.63) is 65.4 Å². The Morgan fingerprint density at radius 2 is 1.82 bits per heavy atom. The zero-order valence-corrected chi connectivity index (χ0v) is 21.5. The lowest BCUT2D eigenvalue weighted by atomic mass is 9.90. The molecule has 0 aliphatic carbocycles. The van der Waals surface area contributed by atoms with Crippen LogP contribution in [0.5, 0.6) is 0 Å². The molecule has 4 N–H and O–H groups in total. The highest BCUT2D eigenvalue weighted by atomic mass is 19.4. The standard InChI is InChI=1S/C25H28BF3N6O4/c1-14(2)18(13-33-21-15(3)11-16(12-32-21)25(27,28)29)35(9-10-36)23(37)20-17(22-30-7-4-8-31-22)5-6-19(34-20)24(26,38)39/h4-8,11-12,14,18,36,38-39H,9-10,13H2,1-3H3,(H,32,33). The van der Waals surface area contributed by atoms with Crippen LogP contribution in [0.4, 0.5) is 19.0 Å². The van der Waals surface area contributed by atoms with Crippen molar-refractivity contribution in [2.45, 2.75) is 38.7 Å². The molecule has 1 amide bonds. The Hall–Kier alpha value is -3.62. The van der Waals surface area contributed by atoms with Crippen LogP contribution in [0.2, 0.25) is 0 Å². The number of carbonyl (C=O) groups excluding carboxylic acids is 1. The van der Waals surface area contributed by atoms with E-state index in [2.05, 4.69) is 25.3 Å². The first-order valence-corrected chi connectivity index (χ1v) is 12.0. The fourth-order valence-corrected chi connectivity index (χ4v) is 3.93. The second-order valence-electron chi connectivity index (χ2n) is 9.19. The largest absolute Gasteiger partial charge is 0.417 e. The molecule has 3 aromatic rings. The van der Waals surface area contributed by atoms with Gasteiger partial charge in [0, 0.05) is 31.7 Å². The van der Waals surface area contributed by atoms with Crippen molar-refractivity contribution in [1.82, 2.24) is 24.8 Å². The number of aliphatic hydroxyl groups excluding tert-OH is 1. The smallest absolute Gasteiger partial charge is 0.395 e. The monoisotopic (exact) mass is 544 g/mol. The molecule has 39 heavy (non-hydrogen) atoms. The van der Waals surface area contributed by atoms with Crippen molar-refractivity contribution in [2.24, 2.45) is 5.92 Å². The predicted octanol–water partition coefficient (Wildman–Crippen LogP) is 2.10. The second kappa shape index (κ2) is 12.1. The van der Waals surface area contributed by atoms with E-state index in [-0.39, 0.29) is 47.5 Å². The summed E-state index contributed by atoms with van der Waals surface area (Å²) in [5, 5.41) is 32.6. The van der Waals surface area contributed by atoms with Crippen LogP contribution in [0.3, 0.4) is 0 Å². The molecule has 2 radical (unpaired) electrons. The van der Waals surface area contributed by atoms with Gasteiger partial charge in [-0.15, -0.1) is 0 Å². The number of hydrogen-bond donors (Lipinski definition) is 4. The van der Waals surface area contributed by atoms with Crippen LogP contribution < -0.4 is 5.32 Å². The summed E-state index contributed by atoms with van der Waals surface area (Å²) in [6.45, 7) is 4.67. The number of nitrogens with one attached hydrogen (secondary N) is 1. The number of nitrogens with zero attached hydrogens (tertiary/aromatic N) is 5. The maximum atomic E-state index is 13.9. The number of aryl methyl sites for hydroxylation is 1.